The quantitative estimate of drug-likeness (QED) is 0.840. The first-order chi connectivity index (χ1) is 7.54. The molecule has 0 heterocycles. The largest absolute Gasteiger partial charge is 0.488 e. The summed E-state index contributed by atoms with van der Waals surface area (Å²) in [5, 5.41) is 9.27. The maximum absolute atomic E-state index is 13.5. The summed E-state index contributed by atoms with van der Waals surface area (Å²) >= 11 is 0. The summed E-state index contributed by atoms with van der Waals surface area (Å²) in [6.07, 6.45) is -0.766. The maximum Gasteiger partial charge on any atom is 0.165 e. The van der Waals surface area contributed by atoms with E-state index in [0.29, 0.717) is 12.2 Å². The van der Waals surface area contributed by atoms with Crippen LogP contribution in [-0.2, 0) is 4.74 Å². The molecule has 0 saturated carbocycles. The molecule has 1 unspecified atom stereocenters. The Balaban J connectivity index is 2.68. The highest BCUT2D eigenvalue weighted by atomic mass is 19.1. The van der Waals surface area contributed by atoms with Crippen molar-refractivity contribution in [3.63, 3.8) is 0 Å². The molecular weight excluding hydrogens is 211 g/mol. The standard InChI is InChI=1S/C12H17FO3/c1-8(15-3)7-16-12-5-4-10(9(2)14)6-11(12)13/h4-6,8-9,14H,7H2,1-3H3/t8?,9-/m0/s1. The van der Waals surface area contributed by atoms with E-state index in [-0.39, 0.29) is 11.9 Å². The van der Waals surface area contributed by atoms with Gasteiger partial charge in [-0.3, -0.25) is 0 Å². The van der Waals surface area contributed by atoms with E-state index in [4.69, 9.17) is 9.47 Å². The number of methoxy groups -OCH3 is 1. The summed E-state index contributed by atoms with van der Waals surface area (Å²) in [7, 11) is 1.57. The Bertz CT molecular complexity index is 339. The van der Waals surface area contributed by atoms with E-state index >= 15 is 0 Å². The molecule has 0 aliphatic carbocycles. The first-order valence-electron chi connectivity index (χ1n) is 5.17. The average Bonchev–Trinajstić information content (AvgIpc) is 2.26. The van der Waals surface area contributed by atoms with Gasteiger partial charge < -0.3 is 14.6 Å². The van der Waals surface area contributed by atoms with Gasteiger partial charge in [0.15, 0.2) is 11.6 Å². The van der Waals surface area contributed by atoms with Crippen molar-refractivity contribution >= 4 is 0 Å². The van der Waals surface area contributed by atoms with Gasteiger partial charge in [-0.05, 0) is 31.5 Å². The molecule has 0 spiro atoms. The van der Waals surface area contributed by atoms with E-state index in [1.54, 1.807) is 20.1 Å². The Labute approximate surface area is 94.8 Å². The van der Waals surface area contributed by atoms with Crippen LogP contribution in [0.2, 0.25) is 0 Å². The van der Waals surface area contributed by atoms with Crippen LogP contribution in [0.4, 0.5) is 4.39 Å². The molecule has 90 valence electrons. The predicted octanol–water partition coefficient (Wildman–Crippen LogP) is 2.29. The van der Waals surface area contributed by atoms with E-state index in [1.165, 1.54) is 12.1 Å². The molecule has 0 bridgehead atoms. The Morgan fingerprint density at radius 3 is 2.56 bits per heavy atom. The monoisotopic (exact) mass is 228 g/mol. The fraction of sp³-hybridized carbons (Fsp3) is 0.500. The molecule has 0 amide bonds. The van der Waals surface area contributed by atoms with Gasteiger partial charge in [0.05, 0.1) is 12.2 Å². The van der Waals surface area contributed by atoms with E-state index in [2.05, 4.69) is 0 Å². The molecule has 3 nitrogen and oxygen atoms in total. The second-order valence-electron chi connectivity index (χ2n) is 3.72. The summed E-state index contributed by atoms with van der Waals surface area (Å²) in [5.41, 5.74) is 0.532. The molecule has 1 aromatic carbocycles. The molecule has 1 N–H and O–H groups in total. The van der Waals surface area contributed by atoms with Crippen molar-refractivity contribution < 1.29 is 19.0 Å². The second kappa shape index (κ2) is 5.82. The van der Waals surface area contributed by atoms with Crippen LogP contribution in [0.1, 0.15) is 25.5 Å². The van der Waals surface area contributed by atoms with Crippen LogP contribution in [-0.4, -0.2) is 24.9 Å². The normalized spacial score (nSPS) is 14.6. The molecule has 0 radical (unpaired) electrons. The van der Waals surface area contributed by atoms with Gasteiger partial charge in [-0.15, -0.1) is 0 Å². The van der Waals surface area contributed by atoms with Crippen LogP contribution in [0.5, 0.6) is 5.75 Å². The molecule has 2 atom stereocenters. The second-order valence-corrected chi connectivity index (χ2v) is 3.72. The lowest BCUT2D eigenvalue weighted by Crippen LogP contribution is -2.16. The highest BCUT2D eigenvalue weighted by molar-refractivity contribution is 5.30. The molecule has 0 saturated heterocycles. The number of benzene rings is 1. The lowest BCUT2D eigenvalue weighted by molar-refractivity contribution is 0.0701. The summed E-state index contributed by atoms with van der Waals surface area (Å²) in [6.45, 7) is 3.71. The number of aliphatic hydroxyl groups excluding tert-OH is 1. The molecule has 1 rings (SSSR count). The predicted molar refractivity (Wildman–Crippen MR) is 59.0 cm³/mol. The van der Waals surface area contributed by atoms with Crippen LogP contribution >= 0.6 is 0 Å². The van der Waals surface area contributed by atoms with E-state index in [0.717, 1.165) is 0 Å². The zero-order valence-electron chi connectivity index (χ0n) is 9.74. The van der Waals surface area contributed by atoms with Gasteiger partial charge in [0.1, 0.15) is 6.61 Å². The van der Waals surface area contributed by atoms with Crippen LogP contribution in [0.25, 0.3) is 0 Å². The smallest absolute Gasteiger partial charge is 0.165 e. The minimum atomic E-state index is -0.679. The molecule has 0 fully saturated rings. The first kappa shape index (κ1) is 12.9. The molecule has 0 aliphatic heterocycles. The number of ether oxygens (including phenoxy) is 2. The van der Waals surface area contributed by atoms with Gasteiger partial charge in [0.2, 0.25) is 0 Å². The highest BCUT2D eigenvalue weighted by Crippen LogP contribution is 2.22. The molecule has 1 aromatic rings. The summed E-state index contributed by atoms with van der Waals surface area (Å²) in [5.74, 6) is -0.296. The van der Waals surface area contributed by atoms with Crippen molar-refractivity contribution in [3.05, 3.63) is 29.6 Å². The average molecular weight is 228 g/mol. The Hall–Kier alpha value is -1.13. The van der Waals surface area contributed by atoms with Crippen molar-refractivity contribution in [1.29, 1.82) is 0 Å². The zero-order valence-corrected chi connectivity index (χ0v) is 9.74. The van der Waals surface area contributed by atoms with Gasteiger partial charge >= 0.3 is 0 Å². The van der Waals surface area contributed by atoms with Gasteiger partial charge in [0, 0.05) is 7.11 Å². The topological polar surface area (TPSA) is 38.7 Å². The summed E-state index contributed by atoms with van der Waals surface area (Å²) in [6, 6.07) is 4.43. The van der Waals surface area contributed by atoms with Crippen LogP contribution in [0, 0.1) is 5.82 Å². The number of hydrogen-bond acceptors (Lipinski definition) is 3. The molecule has 0 aromatic heterocycles. The molecule has 0 aliphatic rings. The van der Waals surface area contributed by atoms with Crippen molar-refractivity contribution in [2.45, 2.75) is 26.1 Å². The van der Waals surface area contributed by atoms with Crippen LogP contribution in [0.3, 0.4) is 0 Å². The molecule has 4 heteroatoms. The SMILES string of the molecule is COC(C)COc1ccc([C@H](C)O)cc1F. The van der Waals surface area contributed by atoms with Crippen molar-refractivity contribution in [2.75, 3.05) is 13.7 Å². The number of aliphatic hydroxyl groups is 1. The first-order valence-corrected chi connectivity index (χ1v) is 5.17. The fourth-order valence-electron chi connectivity index (χ4n) is 1.17. The van der Waals surface area contributed by atoms with Gasteiger partial charge in [-0.25, -0.2) is 4.39 Å². The third kappa shape index (κ3) is 3.47. The minimum absolute atomic E-state index is 0.0872. The molecular formula is C12H17FO3. The Morgan fingerprint density at radius 1 is 1.38 bits per heavy atom. The lowest BCUT2D eigenvalue weighted by Gasteiger charge is -2.13. The van der Waals surface area contributed by atoms with Crippen LogP contribution in [0.15, 0.2) is 18.2 Å². The van der Waals surface area contributed by atoms with E-state index in [9.17, 15) is 9.50 Å². The van der Waals surface area contributed by atoms with E-state index in [1.807, 2.05) is 6.92 Å². The van der Waals surface area contributed by atoms with Gasteiger partial charge in [0.25, 0.3) is 0 Å². The lowest BCUT2D eigenvalue weighted by atomic mass is 10.1. The van der Waals surface area contributed by atoms with Gasteiger partial charge in [-0.1, -0.05) is 6.07 Å². The number of rotatable bonds is 5. The minimum Gasteiger partial charge on any atom is -0.488 e. The third-order valence-corrected chi connectivity index (χ3v) is 2.31. The zero-order chi connectivity index (χ0) is 12.1. The Kier molecular flexibility index (Phi) is 4.71. The summed E-state index contributed by atoms with van der Waals surface area (Å²) in [4.78, 5) is 0. The summed E-state index contributed by atoms with van der Waals surface area (Å²) < 4.78 is 23.7. The van der Waals surface area contributed by atoms with Gasteiger partial charge in [-0.2, -0.15) is 0 Å². The third-order valence-electron chi connectivity index (χ3n) is 2.31. The van der Waals surface area contributed by atoms with Crippen molar-refractivity contribution in [3.8, 4) is 5.75 Å². The number of hydrogen-bond donors (Lipinski definition) is 1. The molecule has 16 heavy (non-hydrogen) atoms. The van der Waals surface area contributed by atoms with Crippen LogP contribution < -0.4 is 4.74 Å². The maximum atomic E-state index is 13.5. The van der Waals surface area contributed by atoms with Crippen molar-refractivity contribution in [1.82, 2.24) is 0 Å². The Morgan fingerprint density at radius 2 is 2.06 bits per heavy atom. The van der Waals surface area contributed by atoms with E-state index < -0.39 is 11.9 Å². The highest BCUT2D eigenvalue weighted by Gasteiger charge is 2.09. The fourth-order valence-corrected chi connectivity index (χ4v) is 1.17. The van der Waals surface area contributed by atoms with Crippen molar-refractivity contribution in [2.24, 2.45) is 0 Å². The number of halogens is 1.